The molecule has 1 aliphatic heterocycles. The Morgan fingerprint density at radius 3 is 2.31 bits per heavy atom. The molecule has 0 bridgehead atoms. The molecule has 0 saturated heterocycles. The van der Waals surface area contributed by atoms with Crippen LogP contribution in [0, 0.1) is 0 Å². The van der Waals surface area contributed by atoms with Crippen molar-refractivity contribution >= 4 is 6.09 Å². The molecule has 3 nitrogen and oxygen atoms in total. The van der Waals surface area contributed by atoms with E-state index in [1.54, 1.807) is 20.8 Å². The summed E-state index contributed by atoms with van der Waals surface area (Å²) in [6, 6.07) is 0. The van der Waals surface area contributed by atoms with Crippen LogP contribution in [0.25, 0.3) is 0 Å². The van der Waals surface area contributed by atoms with E-state index in [9.17, 15) is 18.0 Å². The molecule has 1 amide bonds. The van der Waals surface area contributed by atoms with Gasteiger partial charge in [-0.05, 0) is 20.8 Å². The van der Waals surface area contributed by atoms with E-state index in [-0.39, 0.29) is 6.54 Å². The Kier molecular flexibility index (Phi) is 3.21. The SMILES string of the molecule is CC(C)(C)OC(=O)N1CC=C(C(F)(F)F)C1. The summed E-state index contributed by atoms with van der Waals surface area (Å²) in [7, 11) is 0. The summed E-state index contributed by atoms with van der Waals surface area (Å²) in [5, 5.41) is 0. The van der Waals surface area contributed by atoms with Gasteiger partial charge in [-0.25, -0.2) is 4.79 Å². The molecule has 0 aromatic heterocycles. The quantitative estimate of drug-likeness (QED) is 0.606. The van der Waals surface area contributed by atoms with Crippen LogP contribution in [-0.2, 0) is 4.74 Å². The van der Waals surface area contributed by atoms with Crippen molar-refractivity contribution in [3.8, 4) is 0 Å². The van der Waals surface area contributed by atoms with Crippen LogP contribution in [0.4, 0.5) is 18.0 Å². The van der Waals surface area contributed by atoms with Crippen LogP contribution >= 0.6 is 0 Å². The van der Waals surface area contributed by atoms with Crippen LogP contribution in [0.1, 0.15) is 20.8 Å². The molecule has 16 heavy (non-hydrogen) atoms. The Hall–Kier alpha value is -1.20. The van der Waals surface area contributed by atoms with E-state index in [4.69, 9.17) is 4.74 Å². The number of carbonyl (C=O) groups is 1. The summed E-state index contributed by atoms with van der Waals surface area (Å²) < 4.78 is 41.8. The fourth-order valence-electron chi connectivity index (χ4n) is 1.23. The van der Waals surface area contributed by atoms with Gasteiger partial charge < -0.3 is 9.64 Å². The summed E-state index contributed by atoms with van der Waals surface area (Å²) in [6.45, 7) is 4.51. The van der Waals surface area contributed by atoms with E-state index in [1.807, 2.05) is 0 Å². The minimum Gasteiger partial charge on any atom is -0.444 e. The van der Waals surface area contributed by atoms with Gasteiger partial charge in [0.2, 0.25) is 0 Å². The first kappa shape index (κ1) is 12.9. The molecule has 0 aromatic rings. The van der Waals surface area contributed by atoms with E-state index >= 15 is 0 Å². The van der Waals surface area contributed by atoms with Crippen LogP contribution in [0.2, 0.25) is 0 Å². The molecule has 1 aliphatic rings. The van der Waals surface area contributed by atoms with E-state index in [0.29, 0.717) is 0 Å². The molecule has 1 rings (SSSR count). The summed E-state index contributed by atoms with van der Waals surface area (Å²) >= 11 is 0. The zero-order valence-electron chi connectivity index (χ0n) is 9.39. The van der Waals surface area contributed by atoms with Gasteiger partial charge in [0.25, 0.3) is 0 Å². The predicted molar refractivity (Wildman–Crippen MR) is 51.9 cm³/mol. The molecule has 0 unspecified atom stereocenters. The lowest BCUT2D eigenvalue weighted by Gasteiger charge is -2.24. The van der Waals surface area contributed by atoms with Crippen LogP contribution in [0.5, 0.6) is 0 Å². The second kappa shape index (κ2) is 3.99. The Labute approximate surface area is 91.9 Å². The molecule has 1 heterocycles. The number of amides is 1. The summed E-state index contributed by atoms with van der Waals surface area (Å²) in [5.41, 5.74) is -1.39. The number of rotatable bonds is 0. The summed E-state index contributed by atoms with van der Waals surface area (Å²) in [4.78, 5) is 12.5. The molecular formula is C10H14F3NO2. The van der Waals surface area contributed by atoms with E-state index < -0.39 is 30.0 Å². The summed E-state index contributed by atoms with van der Waals surface area (Å²) in [6.07, 6.45) is -4.08. The number of hydrogen-bond donors (Lipinski definition) is 0. The Morgan fingerprint density at radius 2 is 1.94 bits per heavy atom. The lowest BCUT2D eigenvalue weighted by atomic mass is 10.2. The van der Waals surface area contributed by atoms with Gasteiger partial charge in [0.05, 0.1) is 12.1 Å². The van der Waals surface area contributed by atoms with Gasteiger partial charge in [-0.1, -0.05) is 6.08 Å². The third-order valence-electron chi connectivity index (χ3n) is 1.94. The third-order valence-corrected chi connectivity index (χ3v) is 1.94. The monoisotopic (exact) mass is 237 g/mol. The van der Waals surface area contributed by atoms with E-state index in [0.717, 1.165) is 11.0 Å². The van der Waals surface area contributed by atoms with Gasteiger partial charge in [-0.2, -0.15) is 13.2 Å². The smallest absolute Gasteiger partial charge is 0.414 e. The van der Waals surface area contributed by atoms with Crippen molar-refractivity contribution < 1.29 is 22.7 Å². The topological polar surface area (TPSA) is 29.5 Å². The first-order chi connectivity index (χ1) is 7.09. The Balaban J connectivity index is 2.54. The highest BCUT2D eigenvalue weighted by molar-refractivity contribution is 5.69. The summed E-state index contributed by atoms with van der Waals surface area (Å²) in [5.74, 6) is 0. The molecule has 0 saturated carbocycles. The van der Waals surface area contributed by atoms with Crippen molar-refractivity contribution in [3.63, 3.8) is 0 Å². The van der Waals surface area contributed by atoms with Crippen molar-refractivity contribution in [2.75, 3.05) is 13.1 Å². The average Bonchev–Trinajstić information content (AvgIpc) is 2.46. The zero-order valence-corrected chi connectivity index (χ0v) is 9.39. The van der Waals surface area contributed by atoms with Crippen molar-refractivity contribution in [3.05, 3.63) is 11.6 Å². The molecule has 6 heteroatoms. The predicted octanol–water partition coefficient (Wildman–Crippen LogP) is 2.73. The van der Waals surface area contributed by atoms with Gasteiger partial charge >= 0.3 is 12.3 Å². The standard InChI is InChI=1S/C10H14F3NO2/c1-9(2,3)16-8(15)14-5-4-7(6-14)10(11,12)13/h4H,5-6H2,1-3H3. The number of halogens is 3. The third kappa shape index (κ3) is 3.43. The molecule has 92 valence electrons. The number of alkyl halides is 3. The van der Waals surface area contributed by atoms with Crippen molar-refractivity contribution in [1.29, 1.82) is 0 Å². The largest absolute Gasteiger partial charge is 0.444 e. The van der Waals surface area contributed by atoms with Gasteiger partial charge in [0.15, 0.2) is 0 Å². The van der Waals surface area contributed by atoms with Crippen LogP contribution in [0.3, 0.4) is 0 Å². The number of nitrogens with zero attached hydrogens (tertiary/aromatic N) is 1. The first-order valence-electron chi connectivity index (χ1n) is 4.84. The van der Waals surface area contributed by atoms with E-state index in [2.05, 4.69) is 0 Å². The van der Waals surface area contributed by atoms with Gasteiger partial charge in [-0.15, -0.1) is 0 Å². The lowest BCUT2D eigenvalue weighted by Crippen LogP contribution is -2.36. The minimum absolute atomic E-state index is 0.0518. The first-order valence-corrected chi connectivity index (χ1v) is 4.84. The molecule has 0 N–H and O–H groups in total. The second-order valence-corrected chi connectivity index (χ2v) is 4.59. The molecule has 0 aliphatic carbocycles. The average molecular weight is 237 g/mol. The van der Waals surface area contributed by atoms with Gasteiger partial charge in [0, 0.05) is 6.54 Å². The van der Waals surface area contributed by atoms with Crippen molar-refractivity contribution in [2.24, 2.45) is 0 Å². The van der Waals surface area contributed by atoms with Crippen LogP contribution < -0.4 is 0 Å². The highest BCUT2D eigenvalue weighted by Gasteiger charge is 2.38. The molecular weight excluding hydrogens is 223 g/mol. The van der Waals surface area contributed by atoms with E-state index in [1.165, 1.54) is 0 Å². The lowest BCUT2D eigenvalue weighted by molar-refractivity contribution is -0.0933. The molecule has 0 atom stereocenters. The number of carbonyl (C=O) groups excluding carboxylic acids is 1. The molecule has 0 spiro atoms. The maximum absolute atomic E-state index is 12.3. The Bertz CT molecular complexity index is 315. The fraction of sp³-hybridized carbons (Fsp3) is 0.700. The highest BCUT2D eigenvalue weighted by Crippen LogP contribution is 2.29. The fourth-order valence-corrected chi connectivity index (χ4v) is 1.23. The zero-order chi connectivity index (χ0) is 12.6. The van der Waals surface area contributed by atoms with Crippen LogP contribution in [0.15, 0.2) is 11.6 Å². The molecule has 0 aromatic carbocycles. The highest BCUT2D eigenvalue weighted by atomic mass is 19.4. The normalized spacial score (nSPS) is 17.4. The van der Waals surface area contributed by atoms with Crippen molar-refractivity contribution in [1.82, 2.24) is 4.90 Å². The van der Waals surface area contributed by atoms with Crippen molar-refractivity contribution in [2.45, 2.75) is 32.5 Å². The molecule has 0 radical (unpaired) electrons. The Morgan fingerprint density at radius 1 is 1.38 bits per heavy atom. The van der Waals surface area contributed by atoms with Gasteiger partial charge in [0.1, 0.15) is 5.60 Å². The van der Waals surface area contributed by atoms with Crippen LogP contribution in [-0.4, -0.2) is 35.9 Å². The maximum atomic E-state index is 12.3. The van der Waals surface area contributed by atoms with Gasteiger partial charge in [-0.3, -0.25) is 0 Å². The number of ether oxygens (including phenoxy) is 1. The number of hydrogen-bond acceptors (Lipinski definition) is 2. The minimum atomic E-state index is -4.36. The molecule has 0 fully saturated rings. The maximum Gasteiger partial charge on any atom is 0.414 e. The second-order valence-electron chi connectivity index (χ2n) is 4.59.